The van der Waals surface area contributed by atoms with E-state index in [-0.39, 0.29) is 5.41 Å². The van der Waals surface area contributed by atoms with E-state index in [0.29, 0.717) is 22.2 Å². The topological polar surface area (TPSA) is 29.1 Å². The van der Waals surface area contributed by atoms with Crippen molar-refractivity contribution in [2.75, 3.05) is 13.1 Å². The van der Waals surface area contributed by atoms with Gasteiger partial charge in [0.05, 0.1) is 0 Å². The van der Waals surface area contributed by atoms with Gasteiger partial charge in [-0.3, -0.25) is 4.79 Å². The molecule has 104 valence electrons. The highest BCUT2D eigenvalue weighted by molar-refractivity contribution is 6.35. The van der Waals surface area contributed by atoms with Crippen LogP contribution in [-0.4, -0.2) is 18.9 Å². The molecule has 0 saturated carbocycles. The Balaban J connectivity index is 2.15. The highest BCUT2D eigenvalue weighted by Crippen LogP contribution is 2.34. The van der Waals surface area contributed by atoms with Crippen molar-refractivity contribution >= 4 is 29.0 Å². The van der Waals surface area contributed by atoms with Crippen LogP contribution in [0.15, 0.2) is 18.2 Å². The Morgan fingerprint density at radius 3 is 2.79 bits per heavy atom. The van der Waals surface area contributed by atoms with Crippen LogP contribution in [-0.2, 0) is 11.2 Å². The maximum Gasteiger partial charge on any atom is 0.144 e. The first-order chi connectivity index (χ1) is 9.07. The average Bonchev–Trinajstić information content (AvgIpc) is 2.83. The molecule has 0 aliphatic carbocycles. The number of hydrogen-bond acceptors (Lipinski definition) is 2. The molecule has 1 N–H and O–H groups in total. The Bertz CT molecular complexity index is 467. The predicted molar refractivity (Wildman–Crippen MR) is 80.0 cm³/mol. The molecule has 1 aromatic rings. The number of rotatable bonds is 5. The Labute approximate surface area is 124 Å². The molecule has 1 atom stereocenters. The van der Waals surface area contributed by atoms with E-state index < -0.39 is 0 Å². The van der Waals surface area contributed by atoms with Gasteiger partial charge in [0.25, 0.3) is 0 Å². The Morgan fingerprint density at radius 2 is 2.21 bits per heavy atom. The minimum Gasteiger partial charge on any atom is -0.316 e. The minimum absolute atomic E-state index is 0.197. The number of benzene rings is 1. The third-order valence-electron chi connectivity index (χ3n) is 3.93. The summed E-state index contributed by atoms with van der Waals surface area (Å²) >= 11 is 12.0. The summed E-state index contributed by atoms with van der Waals surface area (Å²) < 4.78 is 0. The first kappa shape index (κ1) is 14.8. The monoisotopic (exact) mass is 299 g/mol. The normalized spacial score (nSPS) is 22.7. The van der Waals surface area contributed by atoms with Gasteiger partial charge in [0.1, 0.15) is 5.78 Å². The third-order valence-corrected chi connectivity index (χ3v) is 4.52. The number of halogens is 2. The second kappa shape index (κ2) is 6.25. The fourth-order valence-corrected chi connectivity index (χ4v) is 3.31. The third kappa shape index (κ3) is 3.31. The molecular weight excluding hydrogens is 281 g/mol. The maximum absolute atomic E-state index is 12.6. The summed E-state index contributed by atoms with van der Waals surface area (Å²) in [5.41, 5.74) is 0.677. The maximum atomic E-state index is 12.6. The largest absolute Gasteiger partial charge is 0.316 e. The highest BCUT2D eigenvalue weighted by atomic mass is 35.5. The lowest BCUT2D eigenvalue weighted by atomic mass is 9.76. The molecule has 4 heteroatoms. The summed E-state index contributed by atoms with van der Waals surface area (Å²) in [4.78, 5) is 12.6. The van der Waals surface area contributed by atoms with Gasteiger partial charge < -0.3 is 5.32 Å². The second-order valence-corrected chi connectivity index (χ2v) is 6.14. The molecule has 1 aliphatic heterocycles. The molecule has 0 radical (unpaired) electrons. The molecular formula is C15H19Cl2NO. The van der Waals surface area contributed by atoms with Crippen molar-refractivity contribution in [1.82, 2.24) is 5.32 Å². The molecule has 0 aromatic heterocycles. The van der Waals surface area contributed by atoms with Gasteiger partial charge in [-0.05, 0) is 37.1 Å². The van der Waals surface area contributed by atoms with Crippen molar-refractivity contribution in [3.8, 4) is 0 Å². The predicted octanol–water partition coefficient (Wildman–Crippen LogP) is 3.88. The van der Waals surface area contributed by atoms with Gasteiger partial charge >= 0.3 is 0 Å². The lowest BCUT2D eigenvalue weighted by Crippen LogP contribution is -2.34. The molecule has 0 amide bonds. The van der Waals surface area contributed by atoms with Gasteiger partial charge in [-0.2, -0.15) is 0 Å². The summed E-state index contributed by atoms with van der Waals surface area (Å²) in [6, 6.07) is 5.34. The smallest absolute Gasteiger partial charge is 0.144 e. The van der Waals surface area contributed by atoms with E-state index in [1.807, 2.05) is 6.07 Å². The summed E-state index contributed by atoms with van der Waals surface area (Å²) in [6.07, 6.45) is 3.31. The van der Waals surface area contributed by atoms with Crippen molar-refractivity contribution in [1.29, 1.82) is 0 Å². The molecule has 1 aliphatic rings. The summed E-state index contributed by atoms with van der Waals surface area (Å²) in [7, 11) is 0. The van der Waals surface area contributed by atoms with Gasteiger partial charge in [0.2, 0.25) is 0 Å². The van der Waals surface area contributed by atoms with E-state index in [9.17, 15) is 4.79 Å². The van der Waals surface area contributed by atoms with Gasteiger partial charge in [0.15, 0.2) is 0 Å². The van der Waals surface area contributed by atoms with Crippen LogP contribution in [0.25, 0.3) is 0 Å². The molecule has 1 heterocycles. The fraction of sp³-hybridized carbons (Fsp3) is 0.533. The molecule has 0 spiro atoms. The highest BCUT2D eigenvalue weighted by Gasteiger charge is 2.39. The van der Waals surface area contributed by atoms with Gasteiger partial charge in [-0.15, -0.1) is 0 Å². The number of ketones is 1. The van der Waals surface area contributed by atoms with Crippen molar-refractivity contribution in [3.63, 3.8) is 0 Å². The number of nitrogens with one attached hydrogen (secondary N) is 1. The Kier molecular flexibility index (Phi) is 4.88. The van der Waals surface area contributed by atoms with E-state index in [4.69, 9.17) is 23.2 Å². The molecule has 2 rings (SSSR count). The SMILES string of the molecule is CCCC1(C(=O)Cc2ccc(Cl)cc2Cl)CCNC1. The first-order valence-corrected chi connectivity index (χ1v) is 7.51. The van der Waals surface area contributed by atoms with Gasteiger partial charge in [-0.25, -0.2) is 0 Å². The molecule has 1 fully saturated rings. The molecule has 1 unspecified atom stereocenters. The Hall–Kier alpha value is -0.570. The van der Waals surface area contributed by atoms with E-state index >= 15 is 0 Å². The zero-order chi connectivity index (χ0) is 13.9. The molecule has 0 bridgehead atoms. The van der Waals surface area contributed by atoms with Crippen LogP contribution in [0, 0.1) is 5.41 Å². The lowest BCUT2D eigenvalue weighted by Gasteiger charge is -2.26. The van der Waals surface area contributed by atoms with Crippen LogP contribution in [0.2, 0.25) is 10.0 Å². The van der Waals surface area contributed by atoms with E-state index in [1.54, 1.807) is 12.1 Å². The quantitative estimate of drug-likeness (QED) is 0.894. The van der Waals surface area contributed by atoms with Crippen molar-refractivity contribution in [2.24, 2.45) is 5.41 Å². The van der Waals surface area contributed by atoms with Crippen LogP contribution in [0.1, 0.15) is 31.7 Å². The number of hydrogen-bond donors (Lipinski definition) is 1. The van der Waals surface area contributed by atoms with Crippen LogP contribution >= 0.6 is 23.2 Å². The number of Topliss-reactive ketones (excluding diaryl/α,β-unsaturated/α-hetero) is 1. The minimum atomic E-state index is -0.197. The van der Waals surface area contributed by atoms with Gasteiger partial charge in [-0.1, -0.05) is 42.6 Å². The van der Waals surface area contributed by atoms with E-state index in [2.05, 4.69) is 12.2 Å². The molecule has 1 aromatic carbocycles. The second-order valence-electron chi connectivity index (χ2n) is 5.29. The average molecular weight is 300 g/mol. The number of carbonyl (C=O) groups excluding carboxylic acids is 1. The molecule has 19 heavy (non-hydrogen) atoms. The van der Waals surface area contributed by atoms with Crippen LogP contribution < -0.4 is 5.32 Å². The summed E-state index contributed by atoms with van der Waals surface area (Å²) in [5.74, 6) is 0.295. The standard InChI is InChI=1S/C15H19Cl2NO/c1-2-5-15(6-7-18-10-15)14(19)8-11-3-4-12(16)9-13(11)17/h3-4,9,18H,2,5-8,10H2,1H3. The summed E-state index contributed by atoms with van der Waals surface area (Å²) in [6.45, 7) is 3.85. The van der Waals surface area contributed by atoms with Crippen molar-refractivity contribution in [2.45, 2.75) is 32.6 Å². The molecule has 2 nitrogen and oxygen atoms in total. The van der Waals surface area contributed by atoms with E-state index in [1.165, 1.54) is 0 Å². The zero-order valence-electron chi connectivity index (χ0n) is 11.1. The van der Waals surface area contributed by atoms with Gasteiger partial charge in [0, 0.05) is 28.4 Å². The lowest BCUT2D eigenvalue weighted by molar-refractivity contribution is -0.127. The van der Waals surface area contributed by atoms with Crippen LogP contribution in [0.4, 0.5) is 0 Å². The first-order valence-electron chi connectivity index (χ1n) is 6.75. The summed E-state index contributed by atoms with van der Waals surface area (Å²) in [5, 5.41) is 4.50. The molecule has 1 saturated heterocycles. The van der Waals surface area contributed by atoms with E-state index in [0.717, 1.165) is 37.9 Å². The zero-order valence-corrected chi connectivity index (χ0v) is 12.7. The van der Waals surface area contributed by atoms with Crippen LogP contribution in [0.3, 0.4) is 0 Å². The van der Waals surface area contributed by atoms with Crippen molar-refractivity contribution < 1.29 is 4.79 Å². The fourth-order valence-electron chi connectivity index (χ4n) is 2.84. The number of carbonyl (C=O) groups is 1. The van der Waals surface area contributed by atoms with Crippen molar-refractivity contribution in [3.05, 3.63) is 33.8 Å². The Morgan fingerprint density at radius 1 is 1.42 bits per heavy atom. The van der Waals surface area contributed by atoms with Crippen LogP contribution in [0.5, 0.6) is 0 Å².